The van der Waals surface area contributed by atoms with Gasteiger partial charge in [-0.15, -0.1) is 0 Å². The van der Waals surface area contributed by atoms with E-state index in [9.17, 15) is 19.4 Å². The Kier molecular flexibility index (Phi) is 6.46. The highest BCUT2D eigenvalue weighted by Crippen LogP contribution is 2.35. The normalized spacial score (nSPS) is 23.0. The molecule has 6 nitrogen and oxygen atoms in total. The molecule has 0 spiro atoms. The number of piperidine rings is 1. The third-order valence-electron chi connectivity index (χ3n) is 5.54. The number of aliphatic carboxylic acids is 1. The van der Waals surface area contributed by atoms with E-state index in [1.807, 2.05) is 4.90 Å². The summed E-state index contributed by atoms with van der Waals surface area (Å²) in [6.45, 7) is 3.48. The fourth-order valence-electron chi connectivity index (χ4n) is 3.97. The quantitative estimate of drug-likeness (QED) is 0.646. The Bertz CT molecular complexity index is 810. The monoisotopic (exact) mass is 389 g/mol. The smallest absolute Gasteiger partial charge is 0.313 e. The summed E-state index contributed by atoms with van der Waals surface area (Å²) in [5.74, 6) is -0.516. The van der Waals surface area contributed by atoms with Crippen LogP contribution in [0.3, 0.4) is 0 Å². The number of aromatic amines is 1. The van der Waals surface area contributed by atoms with Crippen LogP contribution in [-0.2, 0) is 24.2 Å². The predicted molar refractivity (Wildman–Crippen MR) is 103 cm³/mol. The van der Waals surface area contributed by atoms with Gasteiger partial charge in [0, 0.05) is 37.9 Å². The number of aryl methyl sites for hydroxylation is 1. The molecule has 0 saturated carbocycles. The first kappa shape index (κ1) is 20.5. The van der Waals surface area contributed by atoms with E-state index in [1.165, 1.54) is 12.1 Å². The number of unbranched alkanes of at least 4 members (excludes halogenated alkanes) is 1. The Morgan fingerprint density at radius 1 is 1.46 bits per heavy atom. The van der Waals surface area contributed by atoms with Crippen LogP contribution >= 0.6 is 0 Å². The number of nitrogens with zero attached hydrogens (tertiary/aromatic N) is 2. The number of H-pyrrole nitrogens is 1. The minimum atomic E-state index is -1.36. The third-order valence-corrected chi connectivity index (χ3v) is 5.54. The number of hydrogen-bond donors (Lipinski definition) is 3. The SMILES string of the molecule is CCCCc1ncc(CN2CC[C@@H](O)[C@](Cc3cccc(F)c3)(C(=O)O)C2)[nH]1. The van der Waals surface area contributed by atoms with Gasteiger partial charge in [-0.2, -0.15) is 0 Å². The summed E-state index contributed by atoms with van der Waals surface area (Å²) in [5.41, 5.74) is 0.149. The van der Waals surface area contributed by atoms with Crippen molar-refractivity contribution in [3.05, 3.63) is 53.4 Å². The molecular weight excluding hydrogens is 361 g/mol. The highest BCUT2D eigenvalue weighted by Gasteiger charge is 2.49. The topological polar surface area (TPSA) is 89.4 Å². The molecule has 0 bridgehead atoms. The third kappa shape index (κ3) is 4.59. The number of halogens is 1. The first-order chi connectivity index (χ1) is 13.4. The first-order valence-corrected chi connectivity index (χ1v) is 9.84. The van der Waals surface area contributed by atoms with E-state index < -0.39 is 23.3 Å². The Morgan fingerprint density at radius 3 is 3.00 bits per heavy atom. The summed E-state index contributed by atoms with van der Waals surface area (Å²) in [6.07, 6.45) is 4.33. The van der Waals surface area contributed by atoms with E-state index in [0.717, 1.165) is 30.8 Å². The van der Waals surface area contributed by atoms with Gasteiger partial charge in [0.05, 0.1) is 6.10 Å². The number of aromatic nitrogens is 2. The minimum Gasteiger partial charge on any atom is -0.481 e. The van der Waals surface area contributed by atoms with E-state index in [0.29, 0.717) is 25.1 Å². The summed E-state index contributed by atoms with van der Waals surface area (Å²) in [5, 5.41) is 20.6. The Labute approximate surface area is 164 Å². The summed E-state index contributed by atoms with van der Waals surface area (Å²) >= 11 is 0. The number of nitrogens with one attached hydrogen (secondary N) is 1. The van der Waals surface area contributed by atoms with Gasteiger partial charge in [-0.3, -0.25) is 9.69 Å². The van der Waals surface area contributed by atoms with Gasteiger partial charge in [0.2, 0.25) is 0 Å². The zero-order chi connectivity index (χ0) is 20.1. The zero-order valence-electron chi connectivity index (χ0n) is 16.2. The number of carbonyl (C=O) groups is 1. The van der Waals surface area contributed by atoms with Crippen molar-refractivity contribution >= 4 is 5.97 Å². The molecule has 28 heavy (non-hydrogen) atoms. The minimum absolute atomic E-state index is 0.0858. The molecule has 0 radical (unpaired) electrons. The van der Waals surface area contributed by atoms with Crippen LogP contribution in [0, 0.1) is 11.2 Å². The zero-order valence-corrected chi connectivity index (χ0v) is 16.2. The average Bonchev–Trinajstić information content (AvgIpc) is 3.10. The van der Waals surface area contributed by atoms with Crippen molar-refractivity contribution < 1.29 is 19.4 Å². The first-order valence-electron chi connectivity index (χ1n) is 9.84. The highest BCUT2D eigenvalue weighted by molar-refractivity contribution is 5.76. The lowest BCUT2D eigenvalue weighted by atomic mass is 9.73. The molecule has 2 aromatic rings. The van der Waals surface area contributed by atoms with Crippen LogP contribution in [0.1, 0.15) is 43.3 Å². The maximum absolute atomic E-state index is 13.6. The summed E-state index contributed by atoms with van der Waals surface area (Å²) in [6, 6.07) is 5.93. The number of rotatable bonds is 8. The largest absolute Gasteiger partial charge is 0.481 e. The van der Waals surface area contributed by atoms with Crippen LogP contribution < -0.4 is 0 Å². The maximum atomic E-state index is 13.6. The second kappa shape index (κ2) is 8.84. The van der Waals surface area contributed by atoms with Crippen LogP contribution in [0.2, 0.25) is 0 Å². The molecule has 1 aromatic carbocycles. The molecule has 1 fully saturated rings. The fraction of sp³-hybridized carbons (Fsp3) is 0.524. The number of hydrogen-bond acceptors (Lipinski definition) is 4. The molecule has 1 saturated heterocycles. The molecule has 1 aromatic heterocycles. The van der Waals surface area contributed by atoms with E-state index in [1.54, 1.807) is 18.3 Å². The van der Waals surface area contributed by atoms with Crippen molar-refractivity contribution in [3.8, 4) is 0 Å². The number of likely N-dealkylation sites (tertiary alicyclic amines) is 1. The molecule has 2 atom stereocenters. The number of imidazole rings is 1. The molecule has 1 aliphatic rings. The molecule has 152 valence electrons. The molecule has 2 heterocycles. The maximum Gasteiger partial charge on any atom is 0.313 e. The average molecular weight is 389 g/mol. The number of aliphatic hydroxyl groups is 1. The fourth-order valence-corrected chi connectivity index (χ4v) is 3.97. The predicted octanol–water partition coefficient (Wildman–Crippen LogP) is 2.77. The Hall–Kier alpha value is -2.25. The van der Waals surface area contributed by atoms with Crippen LogP contribution in [0.25, 0.3) is 0 Å². The number of carboxylic acid groups (broad SMARTS) is 1. The lowest BCUT2D eigenvalue weighted by Gasteiger charge is -2.43. The van der Waals surface area contributed by atoms with Gasteiger partial charge in [-0.1, -0.05) is 25.5 Å². The van der Waals surface area contributed by atoms with Gasteiger partial charge < -0.3 is 15.2 Å². The van der Waals surface area contributed by atoms with Crippen molar-refractivity contribution in [2.75, 3.05) is 13.1 Å². The van der Waals surface area contributed by atoms with E-state index in [-0.39, 0.29) is 13.0 Å². The van der Waals surface area contributed by atoms with Crippen molar-refractivity contribution in [3.63, 3.8) is 0 Å². The van der Waals surface area contributed by atoms with Gasteiger partial charge in [0.1, 0.15) is 17.1 Å². The lowest BCUT2D eigenvalue weighted by molar-refractivity contribution is -0.163. The molecule has 7 heteroatoms. The van der Waals surface area contributed by atoms with E-state index in [2.05, 4.69) is 16.9 Å². The van der Waals surface area contributed by atoms with Crippen molar-refractivity contribution in [1.82, 2.24) is 14.9 Å². The second-order valence-electron chi connectivity index (χ2n) is 7.74. The van der Waals surface area contributed by atoms with Crippen molar-refractivity contribution in [1.29, 1.82) is 0 Å². The highest BCUT2D eigenvalue weighted by atomic mass is 19.1. The molecule has 0 amide bonds. The number of benzene rings is 1. The van der Waals surface area contributed by atoms with Gasteiger partial charge >= 0.3 is 5.97 Å². The number of aliphatic hydroxyl groups excluding tert-OH is 1. The summed E-state index contributed by atoms with van der Waals surface area (Å²) in [4.78, 5) is 21.9. The van der Waals surface area contributed by atoms with Crippen molar-refractivity contribution in [2.45, 2.75) is 51.7 Å². The number of carboxylic acids is 1. The summed E-state index contributed by atoms with van der Waals surface area (Å²) < 4.78 is 13.6. The standard InChI is InChI=1S/C21H28FN3O3/c1-2-3-7-19-23-12-17(24-19)13-25-9-8-18(26)21(14-25,20(27)28)11-15-5-4-6-16(22)10-15/h4-6,10,12,18,26H,2-3,7-9,11,13-14H2,1H3,(H,23,24)(H,27,28)/t18-,21-/m1/s1. The second-order valence-corrected chi connectivity index (χ2v) is 7.74. The van der Waals surface area contributed by atoms with E-state index >= 15 is 0 Å². The van der Waals surface area contributed by atoms with Crippen LogP contribution in [0.5, 0.6) is 0 Å². The van der Waals surface area contributed by atoms with Crippen LogP contribution in [-0.4, -0.2) is 50.2 Å². The molecule has 3 rings (SSSR count). The molecular formula is C21H28FN3O3. The molecule has 0 unspecified atom stereocenters. The van der Waals surface area contributed by atoms with Gasteiger partial charge in [-0.25, -0.2) is 9.37 Å². The van der Waals surface area contributed by atoms with Crippen molar-refractivity contribution in [2.24, 2.45) is 5.41 Å². The van der Waals surface area contributed by atoms with Crippen LogP contribution in [0.4, 0.5) is 4.39 Å². The Balaban J connectivity index is 1.75. The van der Waals surface area contributed by atoms with Gasteiger partial charge in [0.15, 0.2) is 0 Å². The molecule has 3 N–H and O–H groups in total. The summed E-state index contributed by atoms with van der Waals surface area (Å²) in [7, 11) is 0. The molecule has 0 aliphatic carbocycles. The van der Waals surface area contributed by atoms with E-state index in [4.69, 9.17) is 0 Å². The Morgan fingerprint density at radius 2 is 2.29 bits per heavy atom. The van der Waals surface area contributed by atoms with Crippen LogP contribution in [0.15, 0.2) is 30.5 Å². The van der Waals surface area contributed by atoms with Gasteiger partial charge in [0.25, 0.3) is 0 Å². The van der Waals surface area contributed by atoms with Gasteiger partial charge in [-0.05, 0) is 37.0 Å². The molecule has 1 aliphatic heterocycles. The lowest BCUT2D eigenvalue weighted by Crippen LogP contribution is -2.56.